The molecule has 0 unspecified atom stereocenters. The van der Waals surface area contributed by atoms with Crippen molar-refractivity contribution in [2.75, 3.05) is 7.11 Å². The second kappa shape index (κ2) is 11.8. The topological polar surface area (TPSA) is 92.8 Å². The van der Waals surface area contributed by atoms with E-state index < -0.39 is 11.9 Å². The summed E-state index contributed by atoms with van der Waals surface area (Å²) >= 11 is 18.6. The molecule has 4 aromatic carbocycles. The van der Waals surface area contributed by atoms with Crippen LogP contribution in [-0.4, -0.2) is 30.2 Å². The van der Waals surface area contributed by atoms with E-state index in [-0.39, 0.29) is 22.0 Å². The molecule has 2 N–H and O–H groups in total. The Morgan fingerprint density at radius 2 is 1.68 bits per heavy atom. The fourth-order valence-corrected chi connectivity index (χ4v) is 4.83. The number of hydrazone groups is 1. The van der Waals surface area contributed by atoms with Crippen LogP contribution in [0.25, 0.3) is 22.0 Å². The van der Waals surface area contributed by atoms with E-state index in [1.54, 1.807) is 49.6 Å². The zero-order valence-corrected chi connectivity index (χ0v) is 23.1. The van der Waals surface area contributed by atoms with Gasteiger partial charge in [0, 0.05) is 37.6 Å². The minimum Gasteiger partial charge on any atom is -0.497 e. The Balaban J connectivity index is 1.42. The number of aromatic amines is 1. The van der Waals surface area contributed by atoms with Crippen LogP contribution in [0.1, 0.15) is 26.4 Å². The SMILES string of the molecule is COc1ccc2[nH]c(C(=O)NN=Cc3ccccc3OC(=O)c3ccc(Cl)cc3Cl)c(-c3ccccc3Cl)c2c1. The van der Waals surface area contributed by atoms with E-state index in [9.17, 15) is 9.59 Å². The number of H-pyrrole nitrogens is 1. The molecule has 40 heavy (non-hydrogen) atoms. The highest BCUT2D eigenvalue weighted by Crippen LogP contribution is 2.38. The maximum absolute atomic E-state index is 13.3. The van der Waals surface area contributed by atoms with Gasteiger partial charge in [-0.15, -0.1) is 0 Å². The summed E-state index contributed by atoms with van der Waals surface area (Å²) in [6, 6.07) is 23.9. The van der Waals surface area contributed by atoms with Crippen LogP contribution >= 0.6 is 34.8 Å². The summed E-state index contributed by atoms with van der Waals surface area (Å²) in [5, 5.41) is 5.93. The highest BCUT2D eigenvalue weighted by atomic mass is 35.5. The molecule has 0 saturated heterocycles. The van der Waals surface area contributed by atoms with Crippen LogP contribution in [-0.2, 0) is 0 Å². The number of hydrogen-bond donors (Lipinski definition) is 2. The molecule has 0 saturated carbocycles. The number of methoxy groups -OCH3 is 1. The lowest BCUT2D eigenvalue weighted by atomic mass is 10.0. The summed E-state index contributed by atoms with van der Waals surface area (Å²) in [6.45, 7) is 0. The summed E-state index contributed by atoms with van der Waals surface area (Å²) in [5.41, 5.74) is 5.44. The first-order chi connectivity index (χ1) is 19.4. The molecule has 0 aliphatic heterocycles. The number of esters is 1. The molecule has 1 aromatic heterocycles. The van der Waals surface area contributed by atoms with Gasteiger partial charge in [-0.05, 0) is 54.6 Å². The molecule has 0 bridgehead atoms. The minimum atomic E-state index is -0.663. The molecule has 1 amide bonds. The van der Waals surface area contributed by atoms with Crippen molar-refractivity contribution in [1.82, 2.24) is 10.4 Å². The molecule has 7 nitrogen and oxygen atoms in total. The summed E-state index contributed by atoms with van der Waals surface area (Å²) in [6.07, 6.45) is 1.38. The van der Waals surface area contributed by atoms with E-state index in [0.29, 0.717) is 32.5 Å². The standard InChI is InChI=1S/C30H20Cl3N3O4/c1-39-19-11-13-25-22(15-19)27(20-7-3-4-8-23(20)32)28(35-25)29(37)36-34-16-17-6-2-5-9-26(17)40-30(38)21-12-10-18(31)14-24(21)33/h2-16,35H,1H3,(H,36,37). The van der Waals surface area contributed by atoms with Gasteiger partial charge in [-0.25, -0.2) is 10.2 Å². The number of carbonyl (C=O) groups is 2. The molecule has 0 aliphatic rings. The van der Waals surface area contributed by atoms with Crippen LogP contribution in [0.3, 0.4) is 0 Å². The highest BCUT2D eigenvalue weighted by molar-refractivity contribution is 6.36. The van der Waals surface area contributed by atoms with Gasteiger partial charge in [0.1, 0.15) is 17.2 Å². The lowest BCUT2D eigenvalue weighted by Crippen LogP contribution is -2.19. The van der Waals surface area contributed by atoms with Gasteiger partial charge in [0.2, 0.25) is 0 Å². The van der Waals surface area contributed by atoms with E-state index >= 15 is 0 Å². The Morgan fingerprint density at radius 1 is 0.900 bits per heavy atom. The van der Waals surface area contributed by atoms with Crippen LogP contribution < -0.4 is 14.9 Å². The number of nitrogens with zero attached hydrogens (tertiary/aromatic N) is 1. The summed E-state index contributed by atoms with van der Waals surface area (Å²) in [4.78, 5) is 29.2. The summed E-state index contributed by atoms with van der Waals surface area (Å²) in [7, 11) is 1.57. The van der Waals surface area contributed by atoms with Gasteiger partial charge in [-0.1, -0.05) is 65.1 Å². The first kappa shape index (κ1) is 27.3. The fraction of sp³-hybridized carbons (Fsp3) is 0.0333. The number of halogens is 3. The molecule has 0 spiro atoms. The predicted octanol–water partition coefficient (Wildman–Crippen LogP) is 7.79. The third-order valence-corrected chi connectivity index (χ3v) is 6.90. The quantitative estimate of drug-likeness (QED) is 0.0873. The van der Waals surface area contributed by atoms with Crippen LogP contribution in [0, 0.1) is 0 Å². The second-order valence-corrected chi connectivity index (χ2v) is 9.77. The monoisotopic (exact) mass is 591 g/mol. The van der Waals surface area contributed by atoms with Gasteiger partial charge in [0.25, 0.3) is 5.91 Å². The Hall–Kier alpha value is -4.30. The first-order valence-corrected chi connectivity index (χ1v) is 13.0. The third-order valence-electron chi connectivity index (χ3n) is 6.02. The van der Waals surface area contributed by atoms with Crippen molar-refractivity contribution in [3.8, 4) is 22.6 Å². The Kier molecular flexibility index (Phi) is 8.07. The molecule has 0 aliphatic carbocycles. The number of hydrogen-bond acceptors (Lipinski definition) is 5. The van der Waals surface area contributed by atoms with Gasteiger partial charge >= 0.3 is 5.97 Å². The van der Waals surface area contributed by atoms with Gasteiger partial charge in [-0.3, -0.25) is 4.79 Å². The predicted molar refractivity (Wildman–Crippen MR) is 158 cm³/mol. The van der Waals surface area contributed by atoms with E-state index in [0.717, 1.165) is 10.9 Å². The molecule has 10 heteroatoms. The van der Waals surface area contributed by atoms with Crippen molar-refractivity contribution in [2.45, 2.75) is 0 Å². The van der Waals surface area contributed by atoms with Gasteiger partial charge in [0.15, 0.2) is 0 Å². The van der Waals surface area contributed by atoms with Crippen molar-refractivity contribution < 1.29 is 19.1 Å². The fourth-order valence-electron chi connectivity index (χ4n) is 4.12. The maximum atomic E-state index is 13.3. The molecule has 5 aromatic rings. The molecule has 0 fully saturated rings. The van der Waals surface area contributed by atoms with Crippen LogP contribution in [0.15, 0.2) is 90.0 Å². The Labute approximate surface area is 244 Å². The maximum Gasteiger partial charge on any atom is 0.345 e. The molecular weight excluding hydrogens is 573 g/mol. The van der Waals surface area contributed by atoms with E-state index in [1.807, 2.05) is 30.3 Å². The number of carbonyl (C=O) groups excluding carboxylic acids is 2. The smallest absolute Gasteiger partial charge is 0.345 e. The summed E-state index contributed by atoms with van der Waals surface area (Å²) < 4.78 is 10.9. The van der Waals surface area contributed by atoms with Crippen molar-refractivity contribution in [3.05, 3.63) is 117 Å². The number of rotatable bonds is 7. The molecule has 0 radical (unpaired) electrons. The molecule has 0 atom stereocenters. The number of para-hydroxylation sites is 1. The minimum absolute atomic E-state index is 0.161. The number of ether oxygens (including phenoxy) is 2. The van der Waals surface area contributed by atoms with Crippen LogP contribution in [0.5, 0.6) is 11.5 Å². The largest absolute Gasteiger partial charge is 0.497 e. The first-order valence-electron chi connectivity index (χ1n) is 11.9. The van der Waals surface area contributed by atoms with Crippen molar-refractivity contribution >= 4 is 63.8 Å². The van der Waals surface area contributed by atoms with Gasteiger partial charge in [0.05, 0.1) is 23.9 Å². The van der Waals surface area contributed by atoms with Crippen molar-refractivity contribution in [1.29, 1.82) is 0 Å². The van der Waals surface area contributed by atoms with Crippen LogP contribution in [0.2, 0.25) is 15.1 Å². The normalized spacial score (nSPS) is 11.1. The number of amides is 1. The average Bonchev–Trinajstić information content (AvgIpc) is 3.32. The zero-order chi connectivity index (χ0) is 28.2. The lowest BCUT2D eigenvalue weighted by molar-refractivity contribution is 0.0734. The molecule has 5 rings (SSSR count). The molecular formula is C30H20Cl3N3O4. The number of fused-ring (bicyclic) bond motifs is 1. The number of aromatic nitrogens is 1. The molecule has 1 heterocycles. The lowest BCUT2D eigenvalue weighted by Gasteiger charge is -2.09. The average molecular weight is 593 g/mol. The van der Waals surface area contributed by atoms with Crippen LogP contribution in [0.4, 0.5) is 0 Å². The number of benzene rings is 4. The van der Waals surface area contributed by atoms with E-state index in [1.165, 1.54) is 18.3 Å². The van der Waals surface area contributed by atoms with Gasteiger partial charge in [-0.2, -0.15) is 5.10 Å². The highest BCUT2D eigenvalue weighted by Gasteiger charge is 2.21. The number of nitrogens with one attached hydrogen (secondary N) is 2. The van der Waals surface area contributed by atoms with Crippen molar-refractivity contribution in [3.63, 3.8) is 0 Å². The third kappa shape index (κ3) is 5.67. The second-order valence-electron chi connectivity index (χ2n) is 8.52. The zero-order valence-electron chi connectivity index (χ0n) is 20.9. The Bertz CT molecular complexity index is 1780. The van der Waals surface area contributed by atoms with E-state index in [2.05, 4.69) is 15.5 Å². The van der Waals surface area contributed by atoms with Gasteiger partial charge < -0.3 is 14.5 Å². The molecule has 200 valence electrons. The van der Waals surface area contributed by atoms with E-state index in [4.69, 9.17) is 44.3 Å². The van der Waals surface area contributed by atoms with Crippen molar-refractivity contribution in [2.24, 2.45) is 5.10 Å². The Morgan fingerprint density at radius 3 is 2.45 bits per heavy atom. The summed E-state index contributed by atoms with van der Waals surface area (Å²) in [5.74, 6) is -0.296.